The molecular formula is C40H34ClF9N6O3S3. The molecule has 0 aliphatic heterocycles. The summed E-state index contributed by atoms with van der Waals surface area (Å²) in [7, 11) is 0. The van der Waals surface area contributed by atoms with Crippen molar-refractivity contribution in [3.63, 3.8) is 0 Å². The first-order valence-corrected chi connectivity index (χ1v) is 19.5. The molecule has 9 N–H and O–H groups in total. The topological polar surface area (TPSA) is 133 Å². The summed E-state index contributed by atoms with van der Waals surface area (Å²) in [4.78, 5) is 0. The summed E-state index contributed by atoms with van der Waals surface area (Å²) in [5.74, 6) is -9.62. The number of thiocarbonyl (C=S) groups is 3. The Morgan fingerprint density at radius 1 is 0.484 bits per heavy atom. The predicted octanol–water partition coefficient (Wildman–Crippen LogP) is 11.9. The van der Waals surface area contributed by atoms with Crippen LogP contribution in [0.2, 0.25) is 5.02 Å². The Labute approximate surface area is 369 Å². The first kappa shape index (κ1) is 48.9. The van der Waals surface area contributed by atoms with Crippen molar-refractivity contribution in [1.82, 2.24) is 5.32 Å². The van der Waals surface area contributed by atoms with Gasteiger partial charge in [-0.3, -0.25) is 0 Å². The highest BCUT2D eigenvalue weighted by atomic mass is 35.5. The van der Waals surface area contributed by atoms with Gasteiger partial charge in [0.15, 0.2) is 67.5 Å². The van der Waals surface area contributed by atoms with Gasteiger partial charge in [0.1, 0.15) is 0 Å². The summed E-state index contributed by atoms with van der Waals surface area (Å²) in [6.45, 7) is 0. The van der Waals surface area contributed by atoms with E-state index < -0.39 is 63.9 Å². The van der Waals surface area contributed by atoms with E-state index in [2.05, 4.69) is 31.9 Å². The third-order valence-corrected chi connectivity index (χ3v) is 9.22. The average Bonchev–Trinajstić information content (AvgIpc) is 3.19. The molecule has 0 atom stereocenters. The van der Waals surface area contributed by atoms with Crippen LogP contribution in [0.4, 0.5) is 68.0 Å². The molecule has 0 saturated heterocycles. The molecule has 1 aliphatic rings. The highest BCUT2D eigenvalue weighted by Crippen LogP contribution is 2.31. The maximum atomic E-state index is 13.2. The normalized spacial score (nSPS) is 12.4. The number of alkyl halides is 3. The van der Waals surface area contributed by atoms with Crippen molar-refractivity contribution in [2.45, 2.75) is 44.3 Å². The molecule has 22 heteroatoms. The number of phenolic OH excluding ortho intramolecular Hbond substituents is 3. The maximum absolute atomic E-state index is 13.2. The van der Waals surface area contributed by atoms with Gasteiger partial charge in [-0.25, -0.2) is 26.3 Å². The summed E-state index contributed by atoms with van der Waals surface area (Å²) >= 11 is 20.8. The Balaban J connectivity index is 0.000000205. The van der Waals surface area contributed by atoms with Crippen molar-refractivity contribution in [1.29, 1.82) is 0 Å². The minimum Gasteiger partial charge on any atom is -0.503 e. The van der Waals surface area contributed by atoms with Gasteiger partial charge in [0.05, 0.1) is 5.56 Å². The lowest BCUT2D eigenvalue weighted by atomic mass is 9.96. The van der Waals surface area contributed by atoms with Crippen LogP contribution < -0.4 is 31.9 Å². The minimum atomic E-state index is -4.45. The zero-order valence-corrected chi connectivity index (χ0v) is 34.7. The van der Waals surface area contributed by atoms with Crippen LogP contribution in [0.15, 0.2) is 84.9 Å². The summed E-state index contributed by atoms with van der Waals surface area (Å²) in [5.41, 5.74) is 0.319. The van der Waals surface area contributed by atoms with E-state index >= 15 is 0 Å². The maximum Gasteiger partial charge on any atom is 0.416 e. The van der Waals surface area contributed by atoms with E-state index in [0.717, 1.165) is 73.5 Å². The lowest BCUT2D eigenvalue weighted by Gasteiger charge is -2.24. The number of nitrogens with one attached hydrogen (secondary N) is 6. The molecule has 9 nitrogen and oxygen atoms in total. The van der Waals surface area contributed by atoms with E-state index in [0.29, 0.717) is 21.9 Å². The molecule has 5 aromatic carbocycles. The minimum absolute atomic E-state index is 0.0674. The van der Waals surface area contributed by atoms with E-state index in [9.17, 15) is 39.5 Å². The number of halogens is 10. The molecule has 62 heavy (non-hydrogen) atoms. The molecular weight excluding hydrogens is 915 g/mol. The van der Waals surface area contributed by atoms with Crippen molar-refractivity contribution in [2.75, 3.05) is 26.6 Å². The fourth-order valence-corrected chi connectivity index (χ4v) is 6.26. The highest BCUT2D eigenvalue weighted by molar-refractivity contribution is 7.81. The van der Waals surface area contributed by atoms with Gasteiger partial charge in [0.25, 0.3) is 0 Å². The number of benzene rings is 5. The van der Waals surface area contributed by atoms with E-state index in [1.54, 1.807) is 24.3 Å². The van der Waals surface area contributed by atoms with Gasteiger partial charge in [-0.15, -0.1) is 0 Å². The predicted molar refractivity (Wildman–Crippen MR) is 233 cm³/mol. The Bertz CT molecular complexity index is 2310. The molecule has 0 aromatic heterocycles. The molecule has 1 aliphatic carbocycles. The Kier molecular flexibility index (Phi) is 17.6. The van der Waals surface area contributed by atoms with Gasteiger partial charge in [0.2, 0.25) is 0 Å². The van der Waals surface area contributed by atoms with Crippen LogP contribution in [-0.2, 0) is 6.18 Å². The zero-order valence-electron chi connectivity index (χ0n) is 31.5. The van der Waals surface area contributed by atoms with E-state index in [4.69, 9.17) is 63.6 Å². The van der Waals surface area contributed by atoms with Crippen LogP contribution in [0.3, 0.4) is 0 Å². The number of phenols is 3. The fraction of sp³-hybridized carbons (Fsp3) is 0.175. The first-order valence-electron chi connectivity index (χ1n) is 17.9. The SMILES string of the molecule is Oc1c(F)cc(NC(=S)NC2CCCCC2)cc1F.Oc1c(F)cc(NC(=S)Nc2ccc(C(F)(F)F)cc2)cc1F.Oc1c(F)cc(NC(=S)Nc2ccc(Cl)cc2)cc1F. The van der Waals surface area contributed by atoms with Crippen molar-refractivity contribution in [3.05, 3.63) is 130 Å². The monoisotopic (exact) mass is 948 g/mol. The van der Waals surface area contributed by atoms with Gasteiger partial charge in [-0.05, 0) is 98.0 Å². The Morgan fingerprint density at radius 3 is 1.13 bits per heavy atom. The zero-order chi connectivity index (χ0) is 45.7. The summed E-state index contributed by atoms with van der Waals surface area (Å²) in [6, 6.07) is 16.7. The highest BCUT2D eigenvalue weighted by Gasteiger charge is 2.30. The van der Waals surface area contributed by atoms with Crippen LogP contribution in [0, 0.1) is 34.9 Å². The molecule has 0 spiro atoms. The number of hydrogen-bond acceptors (Lipinski definition) is 6. The smallest absolute Gasteiger partial charge is 0.416 e. The largest absolute Gasteiger partial charge is 0.503 e. The quantitative estimate of drug-likeness (QED) is 0.0456. The summed E-state index contributed by atoms with van der Waals surface area (Å²) in [6.07, 6.45) is 1.25. The van der Waals surface area contributed by atoms with Crippen LogP contribution in [0.1, 0.15) is 37.7 Å². The van der Waals surface area contributed by atoms with Gasteiger partial charge < -0.3 is 47.2 Å². The second kappa shape index (κ2) is 22.4. The number of aromatic hydroxyl groups is 3. The molecule has 1 saturated carbocycles. The molecule has 0 unspecified atom stereocenters. The van der Waals surface area contributed by atoms with Gasteiger partial charge in [0, 0.05) is 75.9 Å². The molecule has 0 bridgehead atoms. The molecule has 0 radical (unpaired) electrons. The lowest BCUT2D eigenvalue weighted by molar-refractivity contribution is -0.137. The summed E-state index contributed by atoms with van der Waals surface area (Å²) in [5, 5.41) is 44.3. The molecule has 0 heterocycles. The van der Waals surface area contributed by atoms with E-state index in [-0.39, 0.29) is 33.0 Å². The third-order valence-electron chi connectivity index (χ3n) is 8.34. The average molecular weight is 949 g/mol. The van der Waals surface area contributed by atoms with Crippen molar-refractivity contribution in [2.24, 2.45) is 0 Å². The molecule has 1 fully saturated rings. The lowest BCUT2D eigenvalue weighted by Crippen LogP contribution is -2.38. The summed E-state index contributed by atoms with van der Waals surface area (Å²) < 4.78 is 116. The molecule has 330 valence electrons. The first-order chi connectivity index (χ1) is 29.2. The van der Waals surface area contributed by atoms with Crippen molar-refractivity contribution in [3.8, 4) is 17.2 Å². The van der Waals surface area contributed by atoms with Gasteiger partial charge in [-0.2, -0.15) is 13.2 Å². The van der Waals surface area contributed by atoms with E-state index in [1.165, 1.54) is 19.3 Å². The number of anilines is 5. The number of hydrogen-bond donors (Lipinski definition) is 9. The van der Waals surface area contributed by atoms with Crippen LogP contribution in [-0.4, -0.2) is 36.7 Å². The molecule has 6 rings (SSSR count). The van der Waals surface area contributed by atoms with Crippen LogP contribution in [0.25, 0.3) is 0 Å². The van der Waals surface area contributed by atoms with Gasteiger partial charge >= 0.3 is 6.18 Å². The van der Waals surface area contributed by atoms with Gasteiger partial charge in [-0.1, -0.05) is 30.9 Å². The van der Waals surface area contributed by atoms with Crippen LogP contribution >= 0.6 is 48.3 Å². The fourth-order valence-electron chi connectivity index (χ4n) is 5.38. The van der Waals surface area contributed by atoms with Crippen molar-refractivity contribution >= 4 is 92.0 Å². The standard InChI is InChI=1S/C14H9F5N2OS.C13H9ClF2N2OS.C13H16F2N2OS/c15-10-5-9(6-11(16)12(10)22)21-13(23)20-8-3-1-7(2-4-8)14(17,18)19;14-7-1-3-8(4-2-7)17-13(20)18-9-5-10(15)12(19)11(16)6-9;14-10-6-9(7-11(15)12(10)18)17-13(19)16-8-4-2-1-3-5-8/h1-6,22H,(H2,20,21,23);1-6,19H,(H2,17,18,20);6-8,18H,1-5H2,(H2,16,17,19). The third kappa shape index (κ3) is 15.3. The van der Waals surface area contributed by atoms with Crippen LogP contribution in [0.5, 0.6) is 17.2 Å². The second-order valence-corrected chi connectivity index (χ2v) is 14.7. The number of rotatable bonds is 6. The van der Waals surface area contributed by atoms with Crippen molar-refractivity contribution < 1.29 is 54.8 Å². The molecule has 0 amide bonds. The Morgan fingerprint density at radius 2 is 0.790 bits per heavy atom. The molecule has 5 aromatic rings. The Hall–Kier alpha value is -5.77. The van der Waals surface area contributed by atoms with E-state index in [1.807, 2.05) is 0 Å². The second-order valence-electron chi connectivity index (χ2n) is 13.0.